The minimum Gasteiger partial charge on any atom is -0.207 e. The molecular formula is C25H16F2. The lowest BCUT2D eigenvalue weighted by atomic mass is 10.0. The molecule has 4 aromatic carbocycles. The number of hydrogen-bond donors (Lipinski definition) is 0. The van der Waals surface area contributed by atoms with Crippen molar-refractivity contribution in [2.45, 2.75) is 6.92 Å². The van der Waals surface area contributed by atoms with Gasteiger partial charge in [-0.05, 0) is 71.3 Å². The molecule has 0 amide bonds. The monoisotopic (exact) mass is 354 g/mol. The lowest BCUT2D eigenvalue weighted by molar-refractivity contribution is 0.629. The molecule has 0 atom stereocenters. The molecule has 0 aromatic heterocycles. The van der Waals surface area contributed by atoms with Crippen molar-refractivity contribution in [3.8, 4) is 23.0 Å². The molecule has 0 saturated heterocycles. The van der Waals surface area contributed by atoms with E-state index < -0.39 is 0 Å². The first kappa shape index (κ1) is 17.0. The van der Waals surface area contributed by atoms with Crippen molar-refractivity contribution >= 4 is 10.8 Å². The van der Waals surface area contributed by atoms with Crippen LogP contribution in [0.15, 0.2) is 78.9 Å². The number of rotatable bonds is 1. The molecule has 130 valence electrons. The molecule has 2 heteroatoms. The Kier molecular flexibility index (Phi) is 4.44. The molecule has 27 heavy (non-hydrogen) atoms. The van der Waals surface area contributed by atoms with Gasteiger partial charge in [-0.3, -0.25) is 0 Å². The van der Waals surface area contributed by atoms with Crippen LogP contribution in [-0.4, -0.2) is 0 Å². The molecule has 0 spiro atoms. The maximum atomic E-state index is 14.1. The van der Waals surface area contributed by atoms with Crippen LogP contribution in [0.3, 0.4) is 0 Å². The zero-order valence-corrected chi connectivity index (χ0v) is 14.8. The Morgan fingerprint density at radius 1 is 0.630 bits per heavy atom. The molecule has 0 radical (unpaired) electrons. The highest BCUT2D eigenvalue weighted by molar-refractivity contribution is 5.84. The molecule has 0 N–H and O–H groups in total. The molecule has 0 saturated carbocycles. The summed E-state index contributed by atoms with van der Waals surface area (Å²) in [5.41, 5.74) is 4.03. The number of hydrogen-bond acceptors (Lipinski definition) is 0. The minimum atomic E-state index is -0.244. The summed E-state index contributed by atoms with van der Waals surface area (Å²) in [5, 5.41) is 1.80. The second-order valence-corrected chi connectivity index (χ2v) is 6.52. The lowest BCUT2D eigenvalue weighted by Crippen LogP contribution is -1.86. The summed E-state index contributed by atoms with van der Waals surface area (Å²) in [6.07, 6.45) is 0. The second-order valence-electron chi connectivity index (χ2n) is 6.52. The van der Waals surface area contributed by atoms with Crippen LogP contribution < -0.4 is 0 Å². The summed E-state index contributed by atoms with van der Waals surface area (Å²) in [7, 11) is 0. The average molecular weight is 354 g/mol. The summed E-state index contributed by atoms with van der Waals surface area (Å²) in [6, 6.07) is 23.2. The lowest BCUT2D eigenvalue weighted by Gasteiger charge is -2.04. The Hall–Kier alpha value is -3.44. The zero-order chi connectivity index (χ0) is 18.8. The quantitative estimate of drug-likeness (QED) is 0.343. The van der Waals surface area contributed by atoms with E-state index in [0.29, 0.717) is 5.56 Å². The van der Waals surface area contributed by atoms with Crippen LogP contribution in [-0.2, 0) is 0 Å². The van der Waals surface area contributed by atoms with Crippen molar-refractivity contribution < 1.29 is 8.78 Å². The van der Waals surface area contributed by atoms with Gasteiger partial charge in [0.1, 0.15) is 11.6 Å². The van der Waals surface area contributed by atoms with Gasteiger partial charge in [0.25, 0.3) is 0 Å². The molecule has 0 aliphatic rings. The van der Waals surface area contributed by atoms with Crippen LogP contribution in [0.1, 0.15) is 16.7 Å². The van der Waals surface area contributed by atoms with Crippen molar-refractivity contribution in [1.29, 1.82) is 0 Å². The van der Waals surface area contributed by atoms with Crippen LogP contribution in [0.4, 0.5) is 8.78 Å². The van der Waals surface area contributed by atoms with E-state index in [0.717, 1.165) is 33.0 Å². The van der Waals surface area contributed by atoms with Crippen LogP contribution in [0.2, 0.25) is 0 Å². The van der Waals surface area contributed by atoms with Crippen molar-refractivity contribution in [2.24, 2.45) is 0 Å². The molecule has 0 heterocycles. The third kappa shape index (κ3) is 3.73. The van der Waals surface area contributed by atoms with E-state index in [1.165, 1.54) is 18.2 Å². The zero-order valence-electron chi connectivity index (χ0n) is 14.8. The molecule has 0 aliphatic carbocycles. The molecule has 0 fully saturated rings. The van der Waals surface area contributed by atoms with Gasteiger partial charge in [-0.25, -0.2) is 8.78 Å². The molecule has 0 aliphatic heterocycles. The normalized spacial score (nSPS) is 10.5. The van der Waals surface area contributed by atoms with Gasteiger partial charge in [0.15, 0.2) is 0 Å². The predicted octanol–water partition coefficient (Wildman–Crippen LogP) is 6.49. The molecule has 0 bridgehead atoms. The van der Waals surface area contributed by atoms with Crippen LogP contribution in [0.5, 0.6) is 0 Å². The van der Waals surface area contributed by atoms with Gasteiger partial charge in [-0.15, -0.1) is 0 Å². The standard InChI is InChI=1S/C25H16F2/c1-17-2-13-24(25(27)14-17)20-8-5-18(6-9-20)3-4-19-7-10-22-16-23(26)12-11-21(22)15-19/h2,5-16H,1H3. The number of halogens is 2. The fraction of sp³-hybridized carbons (Fsp3) is 0.0400. The molecule has 4 rings (SSSR count). The van der Waals surface area contributed by atoms with Crippen molar-refractivity contribution in [3.05, 3.63) is 107 Å². The smallest absolute Gasteiger partial charge is 0.131 e. The fourth-order valence-corrected chi connectivity index (χ4v) is 3.03. The van der Waals surface area contributed by atoms with Crippen molar-refractivity contribution in [3.63, 3.8) is 0 Å². The van der Waals surface area contributed by atoms with Gasteiger partial charge in [0.05, 0.1) is 0 Å². The van der Waals surface area contributed by atoms with E-state index in [2.05, 4.69) is 11.8 Å². The summed E-state index contributed by atoms with van der Waals surface area (Å²) in [4.78, 5) is 0. The molecular weight excluding hydrogens is 338 g/mol. The molecule has 0 unspecified atom stereocenters. The number of fused-ring (bicyclic) bond motifs is 1. The van der Waals surface area contributed by atoms with Crippen LogP contribution in [0.25, 0.3) is 21.9 Å². The van der Waals surface area contributed by atoms with Gasteiger partial charge in [-0.1, -0.05) is 48.2 Å². The molecule has 0 nitrogen and oxygen atoms in total. The fourth-order valence-electron chi connectivity index (χ4n) is 3.03. The van der Waals surface area contributed by atoms with E-state index >= 15 is 0 Å². The Labute approximate surface area is 157 Å². The summed E-state index contributed by atoms with van der Waals surface area (Å²) in [6.45, 7) is 1.87. The molecule has 4 aromatic rings. The third-order valence-electron chi connectivity index (χ3n) is 4.47. The maximum Gasteiger partial charge on any atom is 0.131 e. The summed E-state index contributed by atoms with van der Waals surface area (Å²) < 4.78 is 27.4. The SMILES string of the molecule is Cc1ccc(-c2ccc(C#Cc3ccc4cc(F)ccc4c3)cc2)c(F)c1. The van der Waals surface area contributed by atoms with E-state index in [9.17, 15) is 8.78 Å². The van der Waals surface area contributed by atoms with E-state index in [4.69, 9.17) is 0 Å². The Balaban J connectivity index is 1.60. The average Bonchev–Trinajstić information content (AvgIpc) is 2.67. The van der Waals surface area contributed by atoms with Crippen LogP contribution in [0, 0.1) is 30.4 Å². The largest absolute Gasteiger partial charge is 0.207 e. The minimum absolute atomic E-state index is 0.221. The Bertz CT molecular complexity index is 1190. The van der Waals surface area contributed by atoms with Gasteiger partial charge < -0.3 is 0 Å². The first-order valence-corrected chi connectivity index (χ1v) is 8.66. The van der Waals surface area contributed by atoms with Gasteiger partial charge in [-0.2, -0.15) is 0 Å². The topological polar surface area (TPSA) is 0 Å². The van der Waals surface area contributed by atoms with E-state index in [1.807, 2.05) is 55.5 Å². The van der Waals surface area contributed by atoms with Gasteiger partial charge in [0.2, 0.25) is 0 Å². The highest BCUT2D eigenvalue weighted by Gasteiger charge is 2.04. The Morgan fingerprint density at radius 2 is 1.30 bits per heavy atom. The first-order valence-electron chi connectivity index (χ1n) is 8.66. The number of benzene rings is 4. The number of aryl methyl sites for hydroxylation is 1. The predicted molar refractivity (Wildman–Crippen MR) is 106 cm³/mol. The van der Waals surface area contributed by atoms with E-state index in [-0.39, 0.29) is 11.6 Å². The third-order valence-corrected chi connectivity index (χ3v) is 4.47. The van der Waals surface area contributed by atoms with E-state index in [1.54, 1.807) is 12.1 Å². The second kappa shape index (κ2) is 7.05. The summed E-state index contributed by atoms with van der Waals surface area (Å²) in [5.74, 6) is 5.78. The highest BCUT2D eigenvalue weighted by Crippen LogP contribution is 2.24. The first-order chi connectivity index (χ1) is 13.1. The van der Waals surface area contributed by atoms with Crippen LogP contribution >= 0.6 is 0 Å². The van der Waals surface area contributed by atoms with Gasteiger partial charge >= 0.3 is 0 Å². The van der Waals surface area contributed by atoms with Gasteiger partial charge in [0, 0.05) is 16.7 Å². The maximum absolute atomic E-state index is 14.1. The van der Waals surface area contributed by atoms with Crippen molar-refractivity contribution in [1.82, 2.24) is 0 Å². The summed E-state index contributed by atoms with van der Waals surface area (Å²) >= 11 is 0. The Morgan fingerprint density at radius 3 is 2.07 bits per heavy atom. The highest BCUT2D eigenvalue weighted by atomic mass is 19.1. The van der Waals surface area contributed by atoms with Crippen molar-refractivity contribution in [2.75, 3.05) is 0 Å².